The van der Waals surface area contributed by atoms with Crippen molar-refractivity contribution < 1.29 is 24.5 Å². The van der Waals surface area contributed by atoms with Gasteiger partial charge in [0.05, 0.1) is 5.58 Å². The molecular weight excluding hydrogens is 909 g/mol. The van der Waals surface area contributed by atoms with Crippen LogP contribution >= 0.6 is 0 Å². The number of pyridine rings is 2. The van der Waals surface area contributed by atoms with Crippen LogP contribution in [0.1, 0.15) is 77.5 Å². The molecule has 3 aromatic heterocycles. The number of benzene rings is 4. The van der Waals surface area contributed by atoms with Gasteiger partial charge >= 0.3 is 131 Å². The van der Waals surface area contributed by atoms with Crippen LogP contribution in [0.5, 0.6) is 0 Å². The van der Waals surface area contributed by atoms with E-state index in [0.29, 0.717) is 0 Å². The molecule has 0 amide bonds. The van der Waals surface area contributed by atoms with Crippen LogP contribution in [0, 0.1) is 19.1 Å². The van der Waals surface area contributed by atoms with Crippen LogP contribution in [0.4, 0.5) is 0 Å². The van der Waals surface area contributed by atoms with Crippen LogP contribution in [-0.2, 0) is 58.6 Å². The molecule has 7 aromatic rings. The summed E-state index contributed by atoms with van der Waals surface area (Å²) in [6, 6.07) is 33.4. The fourth-order valence-electron chi connectivity index (χ4n) is 9.43. The number of hydrogen-bond acceptors (Lipinski definition) is 3. The summed E-state index contributed by atoms with van der Waals surface area (Å²) in [4.78, 5) is 9.60. The second-order valence-electron chi connectivity index (χ2n) is 16.8. The van der Waals surface area contributed by atoms with Crippen molar-refractivity contribution >= 4 is 39.6 Å². The Morgan fingerprint density at radius 1 is 0.636 bits per heavy atom. The van der Waals surface area contributed by atoms with E-state index in [1.54, 1.807) is 0 Å². The van der Waals surface area contributed by atoms with Crippen molar-refractivity contribution in [3.63, 3.8) is 0 Å². The molecule has 3 aliphatic carbocycles. The van der Waals surface area contributed by atoms with E-state index in [1.807, 2.05) is 12.3 Å². The number of furan rings is 1. The molecular formula is C50H50GeIrN2O-2. The molecule has 0 aliphatic heterocycles. The Kier molecular flexibility index (Phi) is 11.0. The van der Waals surface area contributed by atoms with Gasteiger partial charge in [0.2, 0.25) is 0 Å². The third-order valence-corrected chi connectivity index (χ3v) is 16.6. The molecule has 4 aromatic carbocycles. The first-order valence-corrected chi connectivity index (χ1v) is 27.6. The molecule has 0 N–H and O–H groups in total. The fraction of sp³-hybridized carbons (Fsp3) is 0.320. The number of hydrogen-bond donors (Lipinski definition) is 0. The Bertz CT molecular complexity index is 2530. The molecule has 3 aliphatic rings. The average Bonchev–Trinajstić information content (AvgIpc) is 3.58. The fourth-order valence-corrected chi connectivity index (χ4v) is 13.0. The molecule has 0 bridgehead atoms. The van der Waals surface area contributed by atoms with Crippen LogP contribution in [0.2, 0.25) is 17.3 Å². The maximum atomic E-state index is 6.46. The van der Waals surface area contributed by atoms with Gasteiger partial charge in [0, 0.05) is 31.7 Å². The predicted molar refractivity (Wildman–Crippen MR) is 227 cm³/mol. The van der Waals surface area contributed by atoms with Gasteiger partial charge in [0.1, 0.15) is 5.58 Å². The number of aromatic nitrogens is 2. The van der Waals surface area contributed by atoms with E-state index >= 15 is 0 Å². The summed E-state index contributed by atoms with van der Waals surface area (Å²) in [5, 5.41) is 2.33. The smallest absolute Gasteiger partial charge is 0.120 e. The average molecular weight is 960 g/mol. The molecule has 10 rings (SSSR count). The number of rotatable bonds is 4. The van der Waals surface area contributed by atoms with Gasteiger partial charge in [-0.3, -0.25) is 0 Å². The molecule has 3 heterocycles. The molecule has 0 unspecified atom stereocenters. The Hall–Kier alpha value is -3.83. The largest absolute Gasteiger partial charge is 0.501 e. The van der Waals surface area contributed by atoms with E-state index in [9.17, 15) is 0 Å². The summed E-state index contributed by atoms with van der Waals surface area (Å²) in [5.41, 5.74) is 19.2. The summed E-state index contributed by atoms with van der Waals surface area (Å²) in [6.07, 6.45) is 18.8. The molecule has 55 heavy (non-hydrogen) atoms. The van der Waals surface area contributed by atoms with Crippen molar-refractivity contribution in [2.45, 2.75) is 101 Å². The topological polar surface area (TPSA) is 38.9 Å². The van der Waals surface area contributed by atoms with Crippen molar-refractivity contribution in [1.82, 2.24) is 9.97 Å². The van der Waals surface area contributed by atoms with E-state index in [2.05, 4.69) is 109 Å². The Balaban J connectivity index is 0.000000169. The first-order chi connectivity index (χ1) is 26.3. The van der Waals surface area contributed by atoms with Gasteiger partial charge in [-0.2, -0.15) is 0 Å². The number of fused-ring (bicyclic) bond motifs is 6. The molecule has 1 radical (unpaired) electrons. The van der Waals surface area contributed by atoms with Crippen LogP contribution in [0.3, 0.4) is 0 Å². The standard InChI is InChI=1S/C31H26NO.C19H24GeN.Ir/c1-3-10-23-20(7-1)9-5-12-24(23)22-15-16-29-28(19-22)26-13-6-14-27(31(26)33-29)30-25-11-4-2-8-21(25)17-18-32-30;1-14-12-19(21-13-18(14)20(2,3)4)17-11-7-9-15-8-5-6-10-16(15)17;/h5-6,9,12-13,15-19H,1-4,7-8,10-11H2;7,9,12-13H,5-6,8,10H2,1-4H3;/q2*-1;. The zero-order valence-electron chi connectivity index (χ0n) is 32.7. The van der Waals surface area contributed by atoms with Crippen molar-refractivity contribution in [3.05, 3.63) is 136 Å². The zero-order chi connectivity index (χ0) is 36.8. The molecule has 0 saturated carbocycles. The zero-order valence-corrected chi connectivity index (χ0v) is 37.2. The monoisotopic (exact) mass is 961 g/mol. The molecule has 0 spiro atoms. The summed E-state index contributed by atoms with van der Waals surface area (Å²) < 4.78 is 7.98. The second-order valence-corrected chi connectivity index (χ2v) is 27.3. The molecule has 5 heteroatoms. The Morgan fingerprint density at radius 2 is 1.31 bits per heavy atom. The molecule has 3 nitrogen and oxygen atoms in total. The van der Waals surface area contributed by atoms with Gasteiger partial charge in [-0.1, -0.05) is 46.3 Å². The normalized spacial score (nSPS) is 15.0. The third-order valence-electron chi connectivity index (χ3n) is 12.1. The van der Waals surface area contributed by atoms with Gasteiger partial charge < -0.3 is 9.40 Å². The van der Waals surface area contributed by atoms with Crippen LogP contribution in [0.25, 0.3) is 55.6 Å². The van der Waals surface area contributed by atoms with Crippen LogP contribution < -0.4 is 4.40 Å². The van der Waals surface area contributed by atoms with E-state index in [1.165, 1.54) is 130 Å². The summed E-state index contributed by atoms with van der Waals surface area (Å²) in [7, 11) is 0. The van der Waals surface area contributed by atoms with Crippen LogP contribution in [0.15, 0.2) is 89.6 Å². The minimum atomic E-state index is -1.81. The first kappa shape index (κ1) is 38.1. The third kappa shape index (κ3) is 7.43. The molecule has 0 fully saturated rings. The molecule has 281 valence electrons. The first-order valence-electron chi connectivity index (χ1n) is 20.3. The number of aryl methyl sites for hydroxylation is 4. The minimum absolute atomic E-state index is 0. The Labute approximate surface area is 343 Å². The van der Waals surface area contributed by atoms with E-state index in [0.717, 1.165) is 46.3 Å². The maximum Gasteiger partial charge on any atom is 0.120 e. The minimum Gasteiger partial charge on any atom is -0.501 e. The number of nitrogens with zero attached hydrogens (tertiary/aromatic N) is 2. The Morgan fingerprint density at radius 3 is 2.07 bits per heavy atom. The molecule has 0 atom stereocenters. The maximum absolute atomic E-state index is 6.46. The van der Waals surface area contributed by atoms with Gasteiger partial charge in [-0.15, -0.1) is 18.2 Å². The van der Waals surface area contributed by atoms with Gasteiger partial charge in [0.15, 0.2) is 0 Å². The van der Waals surface area contributed by atoms with Crippen LogP contribution in [-0.4, -0.2) is 23.2 Å². The second kappa shape index (κ2) is 16.0. The van der Waals surface area contributed by atoms with Gasteiger partial charge in [-0.05, 0) is 97.5 Å². The predicted octanol–water partition coefficient (Wildman–Crippen LogP) is 12.2. The summed E-state index contributed by atoms with van der Waals surface area (Å²) >= 11 is -1.81. The van der Waals surface area contributed by atoms with Crippen molar-refractivity contribution in [2.24, 2.45) is 0 Å². The summed E-state index contributed by atoms with van der Waals surface area (Å²) in [5.74, 6) is 7.29. The van der Waals surface area contributed by atoms with Crippen molar-refractivity contribution in [3.8, 4) is 33.6 Å². The van der Waals surface area contributed by atoms with Gasteiger partial charge in [0.25, 0.3) is 0 Å². The van der Waals surface area contributed by atoms with Crippen molar-refractivity contribution in [1.29, 1.82) is 0 Å². The van der Waals surface area contributed by atoms with E-state index in [-0.39, 0.29) is 20.1 Å². The van der Waals surface area contributed by atoms with E-state index in [4.69, 9.17) is 14.4 Å². The van der Waals surface area contributed by atoms with Gasteiger partial charge in [-0.25, -0.2) is 0 Å². The quantitative estimate of drug-likeness (QED) is 0.130. The molecule has 0 saturated heterocycles. The summed E-state index contributed by atoms with van der Waals surface area (Å²) in [6.45, 7) is 2.24. The SMILES string of the molecule is Cc1cc(-c2[c-]ccc3c2CCCC3)nc[c]1[Ge]([CH3])([CH3])[CH3].[Ir].[c-]1ccc2c(oc3ccc(-c4cccc5c4CCCC5)cc32)c1-c1nccc2c1CCCC2. The van der Waals surface area contributed by atoms with E-state index < -0.39 is 13.3 Å². The van der Waals surface area contributed by atoms with Crippen molar-refractivity contribution in [2.75, 3.05) is 0 Å².